The maximum atomic E-state index is 14.3. The van der Waals surface area contributed by atoms with Gasteiger partial charge in [-0.1, -0.05) is 133 Å². The van der Waals surface area contributed by atoms with E-state index < -0.39 is 102 Å². The molecule has 5 amide bonds. The normalized spacial score (nSPS) is 15.0. The molecule has 4 aromatic rings. The SMILES string of the molecule is CC[C@H](C)[C@H](NC(=O)[C@H](CC(=O)O)NC[C@H](CC(C)C)NC(=O)[C@H](NC(C)=O)C(c1ccccc1)c1ccccc1)C(=O)N[C@H](C(=O)N[C@@H](Cc1c[nH]c2ccccc12)C(=O)O)[C@@H](C)CC. The molecule has 0 fully saturated rings. The molecule has 356 valence electrons. The van der Waals surface area contributed by atoms with Gasteiger partial charge in [-0.25, -0.2) is 4.79 Å². The van der Waals surface area contributed by atoms with Crippen LogP contribution in [0.15, 0.2) is 91.1 Å². The summed E-state index contributed by atoms with van der Waals surface area (Å²) in [6, 6.07) is 19.4. The van der Waals surface area contributed by atoms with Crippen LogP contribution >= 0.6 is 0 Å². The van der Waals surface area contributed by atoms with Gasteiger partial charge >= 0.3 is 11.9 Å². The minimum atomic E-state index is -1.35. The minimum absolute atomic E-state index is 0.0186. The smallest absolute Gasteiger partial charge is 0.326 e. The van der Waals surface area contributed by atoms with Gasteiger partial charge in [-0.2, -0.15) is 0 Å². The van der Waals surface area contributed by atoms with E-state index in [1.807, 2.05) is 113 Å². The molecule has 66 heavy (non-hydrogen) atoms. The Morgan fingerprint density at radius 1 is 0.606 bits per heavy atom. The van der Waals surface area contributed by atoms with Crippen LogP contribution in [0, 0.1) is 17.8 Å². The molecule has 0 aliphatic rings. The van der Waals surface area contributed by atoms with Crippen molar-refractivity contribution < 1.29 is 43.8 Å². The molecule has 0 saturated heterocycles. The van der Waals surface area contributed by atoms with Crippen LogP contribution < -0.4 is 31.9 Å². The molecule has 0 unspecified atom stereocenters. The Morgan fingerprint density at radius 2 is 1.12 bits per heavy atom. The van der Waals surface area contributed by atoms with E-state index in [-0.39, 0.29) is 18.9 Å². The Hall–Kier alpha value is -6.55. The number of aromatic nitrogens is 1. The number of carboxylic acid groups (broad SMARTS) is 2. The number of aromatic amines is 1. The quantitative estimate of drug-likeness (QED) is 0.0422. The zero-order chi connectivity index (χ0) is 48.5. The van der Waals surface area contributed by atoms with Gasteiger partial charge in [-0.05, 0) is 46.9 Å². The van der Waals surface area contributed by atoms with Crippen LogP contribution in [-0.4, -0.2) is 99.5 Å². The van der Waals surface area contributed by atoms with Crippen molar-refractivity contribution in [3.63, 3.8) is 0 Å². The van der Waals surface area contributed by atoms with E-state index in [1.54, 1.807) is 20.0 Å². The zero-order valence-corrected chi connectivity index (χ0v) is 38.9. The fourth-order valence-electron chi connectivity index (χ4n) is 8.07. The molecule has 0 saturated carbocycles. The van der Waals surface area contributed by atoms with Crippen LogP contribution in [0.2, 0.25) is 0 Å². The number of benzene rings is 3. The molecule has 0 radical (unpaired) electrons. The first-order valence-electron chi connectivity index (χ1n) is 22.7. The molecule has 0 aliphatic heterocycles. The summed E-state index contributed by atoms with van der Waals surface area (Å²) in [7, 11) is 0. The first kappa shape index (κ1) is 52.1. The zero-order valence-electron chi connectivity index (χ0n) is 38.9. The average molecular weight is 910 g/mol. The third kappa shape index (κ3) is 15.0. The summed E-state index contributed by atoms with van der Waals surface area (Å²) in [4.78, 5) is 96.8. The second kappa shape index (κ2) is 25.2. The van der Waals surface area contributed by atoms with Gasteiger partial charge in [0.15, 0.2) is 0 Å². The van der Waals surface area contributed by atoms with Crippen molar-refractivity contribution in [2.45, 2.75) is 123 Å². The molecule has 4 rings (SSSR count). The number of hydrogen-bond donors (Lipinski definition) is 9. The fraction of sp³-hybridized carbons (Fsp3) is 0.460. The Morgan fingerprint density at radius 3 is 1.64 bits per heavy atom. The van der Waals surface area contributed by atoms with E-state index in [9.17, 15) is 43.8 Å². The van der Waals surface area contributed by atoms with Crippen molar-refractivity contribution in [2.75, 3.05) is 6.54 Å². The highest BCUT2D eigenvalue weighted by molar-refractivity contribution is 5.95. The maximum Gasteiger partial charge on any atom is 0.326 e. The highest BCUT2D eigenvalue weighted by Crippen LogP contribution is 2.29. The molecular weight excluding hydrogens is 843 g/mol. The lowest BCUT2D eigenvalue weighted by atomic mass is 9.84. The van der Waals surface area contributed by atoms with Gasteiger partial charge in [0.25, 0.3) is 0 Å². The molecule has 1 aromatic heterocycles. The van der Waals surface area contributed by atoms with Gasteiger partial charge in [0.05, 0.1) is 12.5 Å². The van der Waals surface area contributed by atoms with Crippen LogP contribution in [-0.2, 0) is 40.0 Å². The molecule has 0 aliphatic carbocycles. The summed E-state index contributed by atoms with van der Waals surface area (Å²) in [5.41, 5.74) is 3.11. The largest absolute Gasteiger partial charge is 0.481 e. The second-order valence-electron chi connectivity index (χ2n) is 17.6. The molecule has 16 nitrogen and oxygen atoms in total. The topological polar surface area (TPSA) is 248 Å². The Labute approximate surface area is 386 Å². The Bertz CT molecular complexity index is 2210. The molecule has 9 N–H and O–H groups in total. The first-order valence-corrected chi connectivity index (χ1v) is 22.7. The summed E-state index contributed by atoms with van der Waals surface area (Å²) in [5.74, 6) is -7.05. The van der Waals surface area contributed by atoms with Crippen molar-refractivity contribution in [3.05, 3.63) is 108 Å². The van der Waals surface area contributed by atoms with Gasteiger partial charge in [-0.15, -0.1) is 0 Å². The predicted octanol–water partition coefficient (Wildman–Crippen LogP) is 4.64. The molecule has 3 aromatic carbocycles. The van der Waals surface area contributed by atoms with Gasteiger partial charge in [0.1, 0.15) is 24.2 Å². The van der Waals surface area contributed by atoms with Gasteiger partial charge < -0.3 is 47.1 Å². The number of rotatable bonds is 26. The molecule has 1 heterocycles. The fourth-order valence-corrected chi connectivity index (χ4v) is 8.07. The summed E-state index contributed by atoms with van der Waals surface area (Å²) in [5, 5.41) is 38.0. The molecular formula is C50H67N7O9. The molecule has 0 bridgehead atoms. The Balaban J connectivity index is 1.53. The molecule has 16 heteroatoms. The Kier molecular flexibility index (Phi) is 19.9. The number of carbonyl (C=O) groups excluding carboxylic acids is 5. The number of para-hydroxylation sites is 1. The maximum absolute atomic E-state index is 14.3. The number of nitrogens with one attached hydrogen (secondary N) is 7. The van der Waals surface area contributed by atoms with Crippen LogP contribution in [0.25, 0.3) is 10.9 Å². The average Bonchev–Trinajstić information content (AvgIpc) is 3.70. The van der Waals surface area contributed by atoms with Crippen LogP contribution in [0.1, 0.15) is 96.8 Å². The number of carboxylic acids is 2. The number of aliphatic carboxylic acids is 2. The highest BCUT2D eigenvalue weighted by atomic mass is 16.4. The monoisotopic (exact) mass is 910 g/mol. The number of fused-ring (bicyclic) bond motifs is 1. The number of H-pyrrole nitrogens is 1. The van der Waals surface area contributed by atoms with Crippen molar-refractivity contribution in [1.82, 2.24) is 36.9 Å². The summed E-state index contributed by atoms with van der Waals surface area (Å²) >= 11 is 0. The summed E-state index contributed by atoms with van der Waals surface area (Å²) in [6.07, 6.45) is 2.32. The van der Waals surface area contributed by atoms with E-state index in [2.05, 4.69) is 36.9 Å². The summed E-state index contributed by atoms with van der Waals surface area (Å²) in [6.45, 7) is 12.3. The lowest BCUT2D eigenvalue weighted by Crippen LogP contribution is -2.61. The lowest BCUT2D eigenvalue weighted by molar-refractivity contribution is -0.142. The van der Waals surface area contributed by atoms with Gasteiger partial charge in [-0.3, -0.25) is 28.8 Å². The van der Waals surface area contributed by atoms with Gasteiger partial charge in [0, 0.05) is 48.9 Å². The molecule has 8 atom stereocenters. The number of hydrogen-bond acceptors (Lipinski definition) is 8. The van der Waals surface area contributed by atoms with Crippen LogP contribution in [0.5, 0.6) is 0 Å². The second-order valence-corrected chi connectivity index (χ2v) is 17.6. The van der Waals surface area contributed by atoms with Crippen molar-refractivity contribution in [3.8, 4) is 0 Å². The highest BCUT2D eigenvalue weighted by Gasteiger charge is 2.37. The van der Waals surface area contributed by atoms with Gasteiger partial charge in [0.2, 0.25) is 29.5 Å². The summed E-state index contributed by atoms with van der Waals surface area (Å²) < 4.78 is 0. The van der Waals surface area contributed by atoms with Crippen molar-refractivity contribution >= 4 is 52.4 Å². The van der Waals surface area contributed by atoms with E-state index in [0.29, 0.717) is 24.8 Å². The van der Waals surface area contributed by atoms with E-state index in [1.165, 1.54) is 6.92 Å². The van der Waals surface area contributed by atoms with Crippen molar-refractivity contribution in [1.29, 1.82) is 0 Å². The molecule has 0 spiro atoms. The van der Waals surface area contributed by atoms with Crippen LogP contribution in [0.3, 0.4) is 0 Å². The predicted molar refractivity (Wildman–Crippen MR) is 252 cm³/mol. The van der Waals surface area contributed by atoms with E-state index >= 15 is 0 Å². The number of carbonyl (C=O) groups is 7. The first-order chi connectivity index (χ1) is 31.4. The third-order valence-electron chi connectivity index (χ3n) is 12.0. The van der Waals surface area contributed by atoms with Crippen molar-refractivity contribution in [2.24, 2.45) is 17.8 Å². The number of amides is 5. The third-order valence-corrected chi connectivity index (χ3v) is 12.0. The van der Waals surface area contributed by atoms with E-state index in [0.717, 1.165) is 22.0 Å². The lowest BCUT2D eigenvalue weighted by Gasteiger charge is -2.32. The van der Waals surface area contributed by atoms with E-state index in [4.69, 9.17) is 0 Å². The van der Waals surface area contributed by atoms with Crippen LogP contribution in [0.4, 0.5) is 0 Å². The standard InChI is InChI=1S/C50H67N7O9/c1-8-30(5)43(47(62)55-40(50(65)66)25-35-27-51-38-23-17-16-22-37(35)38)57-48(63)44(31(6)9-2)56-46(61)39(26-41(59)60)52-28-36(24-29(3)4)54-49(64)45(53-32(7)58)42(33-18-12-10-13-19-33)34-20-14-11-15-21-34/h10-23,27,29-31,36,39-40,42-45,51-52H,8-9,24-26,28H2,1-7H3,(H,53,58)(H,54,64)(H,55,62)(H,56,61)(H,57,63)(H,59,60)(H,65,66)/t30-,31-,36-,39-,40-,43-,44-,45+/m0/s1. The minimum Gasteiger partial charge on any atom is -0.481 e.